The van der Waals surface area contributed by atoms with Gasteiger partial charge in [0, 0.05) is 61.1 Å². The highest BCUT2D eigenvalue weighted by Crippen LogP contribution is 2.26. The van der Waals surface area contributed by atoms with E-state index in [9.17, 15) is 0 Å². The summed E-state index contributed by atoms with van der Waals surface area (Å²) in [6.07, 6.45) is 0.547. The maximum Gasteiger partial charge on any atom is 0.123 e. The summed E-state index contributed by atoms with van der Waals surface area (Å²) >= 11 is 5.19. The number of benzene rings is 1. The van der Waals surface area contributed by atoms with E-state index in [4.69, 9.17) is 15.0 Å². The van der Waals surface area contributed by atoms with Gasteiger partial charge in [0.1, 0.15) is 5.01 Å². The predicted molar refractivity (Wildman–Crippen MR) is 108 cm³/mol. The normalized spacial score (nSPS) is 15.3. The minimum absolute atomic E-state index is 0.547. The first-order valence-corrected chi connectivity index (χ1v) is 10.5. The van der Waals surface area contributed by atoms with Gasteiger partial charge in [-0.1, -0.05) is 28.1 Å². The third-order valence-corrected chi connectivity index (χ3v) is 5.82. The Morgan fingerprint density at radius 3 is 2.92 bits per heavy atom. The van der Waals surface area contributed by atoms with Gasteiger partial charge in [0.15, 0.2) is 0 Å². The minimum atomic E-state index is 0.547. The Morgan fingerprint density at radius 2 is 2.15 bits per heavy atom. The molecule has 2 heterocycles. The molecule has 1 fully saturated rings. The van der Waals surface area contributed by atoms with Crippen molar-refractivity contribution in [1.82, 2.24) is 14.8 Å². The van der Waals surface area contributed by atoms with Crippen molar-refractivity contribution in [2.24, 2.45) is 0 Å². The molecule has 138 valence electrons. The molecule has 3 rings (SSSR count). The van der Waals surface area contributed by atoms with Gasteiger partial charge in [0.25, 0.3) is 0 Å². The van der Waals surface area contributed by atoms with Crippen LogP contribution < -0.4 is 0 Å². The zero-order chi connectivity index (χ0) is 18.2. The van der Waals surface area contributed by atoms with Crippen molar-refractivity contribution in [3.05, 3.63) is 39.8 Å². The number of nitriles is 1. The molecule has 1 saturated heterocycles. The van der Waals surface area contributed by atoms with Crippen LogP contribution in [0.5, 0.6) is 0 Å². The van der Waals surface area contributed by atoms with Crippen molar-refractivity contribution >= 4 is 27.3 Å². The quantitative estimate of drug-likeness (QED) is 0.634. The fraction of sp³-hybridized carbons (Fsp3) is 0.474. The van der Waals surface area contributed by atoms with Crippen molar-refractivity contribution in [2.45, 2.75) is 13.0 Å². The van der Waals surface area contributed by atoms with Gasteiger partial charge >= 0.3 is 0 Å². The Labute approximate surface area is 167 Å². The Bertz CT molecular complexity index is 739. The summed E-state index contributed by atoms with van der Waals surface area (Å²) < 4.78 is 6.47. The number of rotatable bonds is 8. The van der Waals surface area contributed by atoms with Crippen LogP contribution in [0.1, 0.15) is 12.1 Å². The number of nitrogens with zero attached hydrogens (tertiary/aromatic N) is 4. The molecule has 26 heavy (non-hydrogen) atoms. The van der Waals surface area contributed by atoms with E-state index in [1.807, 2.05) is 12.1 Å². The first kappa shape index (κ1) is 19.5. The Morgan fingerprint density at radius 1 is 1.31 bits per heavy atom. The monoisotopic (exact) mass is 434 g/mol. The summed E-state index contributed by atoms with van der Waals surface area (Å²) in [5, 5.41) is 12.1. The van der Waals surface area contributed by atoms with E-state index < -0.39 is 0 Å². The van der Waals surface area contributed by atoms with Crippen LogP contribution in [0.4, 0.5) is 0 Å². The molecule has 7 heteroatoms. The molecular formula is C19H23BrN4OS. The maximum absolute atomic E-state index is 8.96. The number of halogens is 1. The Hall–Kier alpha value is -1.30. The predicted octanol–water partition coefficient (Wildman–Crippen LogP) is 3.62. The van der Waals surface area contributed by atoms with Crippen LogP contribution in [-0.2, 0) is 11.3 Å². The van der Waals surface area contributed by atoms with Crippen LogP contribution >= 0.6 is 27.3 Å². The van der Waals surface area contributed by atoms with Crippen LogP contribution in [0.25, 0.3) is 10.6 Å². The van der Waals surface area contributed by atoms with Crippen molar-refractivity contribution in [2.75, 3.05) is 45.9 Å². The second-order valence-corrected chi connectivity index (χ2v) is 8.07. The average Bonchev–Trinajstić information content (AvgIpc) is 3.13. The molecule has 1 aromatic carbocycles. The van der Waals surface area contributed by atoms with E-state index in [1.54, 1.807) is 11.3 Å². The molecular weight excluding hydrogens is 412 g/mol. The number of morpholine rings is 1. The van der Waals surface area contributed by atoms with Crippen molar-refractivity contribution in [3.63, 3.8) is 0 Å². The van der Waals surface area contributed by atoms with E-state index in [2.05, 4.69) is 49.3 Å². The summed E-state index contributed by atoms with van der Waals surface area (Å²) in [4.78, 5) is 9.56. The highest BCUT2D eigenvalue weighted by atomic mass is 79.9. The van der Waals surface area contributed by atoms with Gasteiger partial charge in [-0.3, -0.25) is 9.80 Å². The Kier molecular flexibility index (Phi) is 7.59. The zero-order valence-electron chi connectivity index (χ0n) is 14.7. The summed E-state index contributed by atoms with van der Waals surface area (Å²) in [7, 11) is 0. The number of thiazole rings is 1. The topological polar surface area (TPSA) is 52.4 Å². The summed E-state index contributed by atoms with van der Waals surface area (Å²) in [5.41, 5.74) is 2.21. The lowest BCUT2D eigenvalue weighted by atomic mass is 10.2. The Balaban J connectivity index is 1.60. The largest absolute Gasteiger partial charge is 0.379 e. The third-order valence-electron chi connectivity index (χ3n) is 4.38. The van der Waals surface area contributed by atoms with Gasteiger partial charge in [-0.15, -0.1) is 11.3 Å². The van der Waals surface area contributed by atoms with E-state index in [0.29, 0.717) is 6.42 Å². The first-order valence-electron chi connectivity index (χ1n) is 8.84. The van der Waals surface area contributed by atoms with Gasteiger partial charge in [-0.2, -0.15) is 5.26 Å². The van der Waals surface area contributed by atoms with Crippen molar-refractivity contribution in [1.29, 1.82) is 5.26 Å². The number of ether oxygens (including phenoxy) is 1. The maximum atomic E-state index is 8.96. The van der Waals surface area contributed by atoms with E-state index in [1.165, 1.54) is 0 Å². The molecule has 0 N–H and O–H groups in total. The molecule has 0 amide bonds. The van der Waals surface area contributed by atoms with Crippen molar-refractivity contribution < 1.29 is 4.74 Å². The molecule has 1 aromatic heterocycles. The van der Waals surface area contributed by atoms with Gasteiger partial charge in [0.2, 0.25) is 0 Å². The molecule has 0 aliphatic carbocycles. The van der Waals surface area contributed by atoms with Crippen LogP contribution in [0, 0.1) is 11.3 Å². The van der Waals surface area contributed by atoms with Crippen LogP contribution in [0.3, 0.4) is 0 Å². The second kappa shape index (κ2) is 10.1. The number of hydrogen-bond donors (Lipinski definition) is 0. The number of aromatic nitrogens is 1. The fourth-order valence-corrected chi connectivity index (χ4v) is 4.16. The minimum Gasteiger partial charge on any atom is -0.379 e. The van der Waals surface area contributed by atoms with Gasteiger partial charge in [-0.25, -0.2) is 4.98 Å². The van der Waals surface area contributed by atoms with Gasteiger partial charge in [-0.05, 0) is 12.1 Å². The van der Waals surface area contributed by atoms with E-state index >= 15 is 0 Å². The van der Waals surface area contributed by atoms with E-state index in [0.717, 1.165) is 73.2 Å². The zero-order valence-corrected chi connectivity index (χ0v) is 17.1. The standard InChI is InChI=1S/C19H23BrN4OS/c20-17-4-1-3-16(13-17)19-22-18(15-26-19)14-24(6-2-5-21)8-7-23-9-11-25-12-10-23/h1,3-4,13,15H,2,6-12,14H2. The molecule has 0 saturated carbocycles. The summed E-state index contributed by atoms with van der Waals surface area (Å²) in [6.45, 7) is 7.16. The SMILES string of the molecule is N#CCCN(CCN1CCOCC1)Cc1csc(-c2cccc(Br)c2)n1. The molecule has 0 unspecified atom stereocenters. The number of hydrogen-bond acceptors (Lipinski definition) is 6. The molecule has 1 aliphatic heterocycles. The molecule has 0 spiro atoms. The summed E-state index contributed by atoms with van der Waals surface area (Å²) in [5.74, 6) is 0. The molecule has 1 aliphatic rings. The average molecular weight is 435 g/mol. The smallest absolute Gasteiger partial charge is 0.123 e. The lowest BCUT2D eigenvalue weighted by Gasteiger charge is -2.29. The van der Waals surface area contributed by atoms with Crippen LogP contribution in [-0.4, -0.2) is 60.7 Å². The third kappa shape index (κ3) is 5.86. The molecule has 5 nitrogen and oxygen atoms in total. The molecule has 2 aromatic rings. The summed E-state index contributed by atoms with van der Waals surface area (Å²) in [6, 6.07) is 10.5. The lowest BCUT2D eigenvalue weighted by molar-refractivity contribution is 0.0330. The fourth-order valence-electron chi connectivity index (χ4n) is 2.95. The van der Waals surface area contributed by atoms with Crippen LogP contribution in [0.15, 0.2) is 34.1 Å². The lowest BCUT2D eigenvalue weighted by Crippen LogP contribution is -2.41. The molecule has 0 atom stereocenters. The molecule has 0 radical (unpaired) electrons. The highest BCUT2D eigenvalue weighted by Gasteiger charge is 2.14. The van der Waals surface area contributed by atoms with E-state index in [-0.39, 0.29) is 0 Å². The molecule has 0 bridgehead atoms. The van der Waals surface area contributed by atoms with Gasteiger partial charge < -0.3 is 4.74 Å². The van der Waals surface area contributed by atoms with Crippen LogP contribution in [0.2, 0.25) is 0 Å². The first-order chi connectivity index (χ1) is 12.7. The highest BCUT2D eigenvalue weighted by molar-refractivity contribution is 9.10. The van der Waals surface area contributed by atoms with Gasteiger partial charge in [0.05, 0.1) is 25.0 Å². The second-order valence-electron chi connectivity index (χ2n) is 6.29. The van der Waals surface area contributed by atoms with Crippen molar-refractivity contribution in [3.8, 4) is 16.6 Å².